The summed E-state index contributed by atoms with van der Waals surface area (Å²) < 4.78 is 11.4. The average molecular weight is 341 g/mol. The highest BCUT2D eigenvalue weighted by molar-refractivity contribution is 7.09. The fourth-order valence-electron chi connectivity index (χ4n) is 3.26. The first kappa shape index (κ1) is 15.4. The van der Waals surface area contributed by atoms with Crippen molar-refractivity contribution in [3.63, 3.8) is 0 Å². The van der Waals surface area contributed by atoms with Gasteiger partial charge in [0.1, 0.15) is 22.4 Å². The van der Waals surface area contributed by atoms with Gasteiger partial charge in [0.05, 0.1) is 25.9 Å². The molecule has 0 spiro atoms. The molecule has 0 aliphatic carbocycles. The van der Waals surface area contributed by atoms with Crippen molar-refractivity contribution in [2.45, 2.75) is 13.0 Å². The maximum atomic E-state index is 5.94. The molecule has 0 N–H and O–H groups in total. The molecule has 3 aromatic rings. The SMILES string of the molecule is COc1cccc2c(N3CCOC(c4nccs4)C3)c(C)cnc12. The van der Waals surface area contributed by atoms with Crippen molar-refractivity contribution in [1.29, 1.82) is 0 Å². The number of nitrogens with zero attached hydrogens (tertiary/aromatic N) is 3. The molecule has 1 atom stereocenters. The second kappa shape index (κ2) is 6.37. The van der Waals surface area contributed by atoms with Crippen LogP contribution in [-0.2, 0) is 4.74 Å². The number of thiazole rings is 1. The number of pyridine rings is 1. The van der Waals surface area contributed by atoms with Crippen molar-refractivity contribution in [1.82, 2.24) is 9.97 Å². The molecule has 124 valence electrons. The van der Waals surface area contributed by atoms with Gasteiger partial charge < -0.3 is 14.4 Å². The van der Waals surface area contributed by atoms with Crippen LogP contribution >= 0.6 is 11.3 Å². The van der Waals surface area contributed by atoms with Gasteiger partial charge in [0, 0.05) is 29.7 Å². The first-order valence-corrected chi connectivity index (χ1v) is 8.84. The lowest BCUT2D eigenvalue weighted by atomic mass is 10.1. The third kappa shape index (κ3) is 2.61. The lowest BCUT2D eigenvalue weighted by Crippen LogP contribution is -2.38. The standard InChI is InChI=1S/C18H19N3O2S/c1-12-10-20-16-13(4-3-5-14(16)22-2)17(12)21-7-8-23-15(11-21)18-19-6-9-24-18/h3-6,9-10,15H,7-8,11H2,1-2H3. The smallest absolute Gasteiger partial charge is 0.145 e. The Morgan fingerprint density at radius 2 is 2.25 bits per heavy atom. The molecule has 0 saturated carbocycles. The maximum Gasteiger partial charge on any atom is 0.145 e. The van der Waals surface area contributed by atoms with Gasteiger partial charge in [0.15, 0.2) is 0 Å². The molecule has 4 rings (SSSR count). The van der Waals surface area contributed by atoms with Gasteiger partial charge in [0.2, 0.25) is 0 Å². The Morgan fingerprint density at radius 1 is 1.33 bits per heavy atom. The van der Waals surface area contributed by atoms with Crippen molar-refractivity contribution in [3.05, 3.63) is 46.5 Å². The van der Waals surface area contributed by atoms with E-state index >= 15 is 0 Å². The average Bonchev–Trinajstić information content (AvgIpc) is 3.16. The zero-order valence-electron chi connectivity index (χ0n) is 13.7. The zero-order chi connectivity index (χ0) is 16.5. The Bertz CT molecular complexity index is 851. The molecule has 1 fully saturated rings. The van der Waals surface area contributed by atoms with Crippen LogP contribution in [0.4, 0.5) is 5.69 Å². The van der Waals surface area contributed by atoms with Gasteiger partial charge in [-0.25, -0.2) is 4.98 Å². The molecule has 0 bridgehead atoms. The third-order valence-corrected chi connectivity index (χ3v) is 5.21. The van der Waals surface area contributed by atoms with Crippen LogP contribution in [0.2, 0.25) is 0 Å². The van der Waals surface area contributed by atoms with E-state index in [0.717, 1.165) is 40.3 Å². The fourth-order valence-corrected chi connectivity index (χ4v) is 3.94. The number of rotatable bonds is 3. The number of aryl methyl sites for hydroxylation is 1. The number of ether oxygens (including phenoxy) is 2. The number of para-hydroxylation sites is 1. The van der Waals surface area contributed by atoms with Crippen LogP contribution in [0.25, 0.3) is 10.9 Å². The van der Waals surface area contributed by atoms with Crippen LogP contribution in [0.1, 0.15) is 16.7 Å². The lowest BCUT2D eigenvalue weighted by molar-refractivity contribution is 0.0397. The molecule has 1 aliphatic rings. The summed E-state index contributed by atoms with van der Waals surface area (Å²) in [6, 6.07) is 6.08. The van der Waals surface area contributed by atoms with E-state index in [9.17, 15) is 0 Å². The van der Waals surface area contributed by atoms with Crippen molar-refractivity contribution < 1.29 is 9.47 Å². The van der Waals surface area contributed by atoms with Crippen LogP contribution in [0.5, 0.6) is 5.75 Å². The number of methoxy groups -OCH3 is 1. The van der Waals surface area contributed by atoms with Crippen LogP contribution in [0.3, 0.4) is 0 Å². The predicted molar refractivity (Wildman–Crippen MR) is 96.1 cm³/mol. The number of morpholine rings is 1. The number of aromatic nitrogens is 2. The Labute approximate surface area is 144 Å². The number of benzene rings is 1. The van der Waals surface area contributed by atoms with Gasteiger partial charge in [-0.1, -0.05) is 12.1 Å². The summed E-state index contributed by atoms with van der Waals surface area (Å²) in [5.74, 6) is 0.804. The van der Waals surface area contributed by atoms with E-state index in [0.29, 0.717) is 6.61 Å². The third-order valence-electron chi connectivity index (χ3n) is 4.34. The first-order valence-electron chi connectivity index (χ1n) is 7.96. The number of fused-ring (bicyclic) bond motifs is 1. The van der Waals surface area contributed by atoms with Gasteiger partial charge in [-0.3, -0.25) is 4.98 Å². The van der Waals surface area contributed by atoms with Gasteiger partial charge in [-0.15, -0.1) is 11.3 Å². The highest BCUT2D eigenvalue weighted by Crippen LogP contribution is 2.36. The summed E-state index contributed by atoms with van der Waals surface area (Å²) in [6.45, 7) is 4.45. The zero-order valence-corrected chi connectivity index (χ0v) is 14.5. The molecule has 1 saturated heterocycles. The molecule has 2 aromatic heterocycles. The van der Waals surface area contributed by atoms with Gasteiger partial charge in [0.25, 0.3) is 0 Å². The van der Waals surface area contributed by atoms with E-state index in [4.69, 9.17) is 9.47 Å². The molecule has 1 aromatic carbocycles. The highest BCUT2D eigenvalue weighted by atomic mass is 32.1. The fraction of sp³-hybridized carbons (Fsp3) is 0.333. The molecule has 1 aliphatic heterocycles. The van der Waals surface area contributed by atoms with Crippen molar-refractivity contribution in [2.24, 2.45) is 0 Å². The highest BCUT2D eigenvalue weighted by Gasteiger charge is 2.26. The Kier molecular flexibility index (Phi) is 4.08. The van der Waals surface area contributed by atoms with E-state index in [2.05, 4.69) is 27.9 Å². The van der Waals surface area contributed by atoms with E-state index < -0.39 is 0 Å². The summed E-state index contributed by atoms with van der Waals surface area (Å²) in [5.41, 5.74) is 3.28. The quantitative estimate of drug-likeness (QED) is 0.729. The Balaban J connectivity index is 1.76. The van der Waals surface area contributed by atoms with Crippen LogP contribution < -0.4 is 9.64 Å². The molecule has 3 heterocycles. The summed E-state index contributed by atoms with van der Waals surface area (Å²) in [5, 5.41) is 4.15. The molecule has 24 heavy (non-hydrogen) atoms. The minimum absolute atomic E-state index is 0.0203. The van der Waals surface area contributed by atoms with Crippen molar-refractivity contribution in [2.75, 3.05) is 31.7 Å². The minimum atomic E-state index is 0.0203. The normalized spacial score (nSPS) is 18.1. The maximum absolute atomic E-state index is 5.94. The van der Waals surface area contributed by atoms with E-state index in [1.165, 1.54) is 5.69 Å². The summed E-state index contributed by atoms with van der Waals surface area (Å²) in [6.07, 6.45) is 3.78. The van der Waals surface area contributed by atoms with E-state index in [1.54, 1.807) is 18.4 Å². The van der Waals surface area contributed by atoms with Gasteiger partial charge in [-0.2, -0.15) is 0 Å². The second-order valence-electron chi connectivity index (χ2n) is 5.82. The Morgan fingerprint density at radius 3 is 3.04 bits per heavy atom. The molecule has 6 heteroatoms. The molecule has 1 unspecified atom stereocenters. The van der Waals surface area contributed by atoms with E-state index in [-0.39, 0.29) is 6.10 Å². The second-order valence-corrected chi connectivity index (χ2v) is 6.75. The van der Waals surface area contributed by atoms with Crippen molar-refractivity contribution >= 4 is 27.9 Å². The molecule has 0 amide bonds. The topological polar surface area (TPSA) is 47.5 Å². The first-order chi connectivity index (χ1) is 11.8. The minimum Gasteiger partial charge on any atom is -0.494 e. The van der Waals surface area contributed by atoms with Crippen LogP contribution in [0, 0.1) is 6.92 Å². The molecule has 5 nitrogen and oxygen atoms in total. The van der Waals surface area contributed by atoms with Gasteiger partial charge in [-0.05, 0) is 18.6 Å². The van der Waals surface area contributed by atoms with Crippen LogP contribution in [0.15, 0.2) is 36.0 Å². The van der Waals surface area contributed by atoms with Crippen molar-refractivity contribution in [3.8, 4) is 5.75 Å². The molecule has 0 radical (unpaired) electrons. The Hall–Kier alpha value is -2.18. The number of anilines is 1. The monoisotopic (exact) mass is 341 g/mol. The largest absolute Gasteiger partial charge is 0.494 e. The summed E-state index contributed by atoms with van der Waals surface area (Å²) >= 11 is 1.65. The predicted octanol–water partition coefficient (Wildman–Crippen LogP) is 3.59. The van der Waals surface area contributed by atoms with E-state index in [1.807, 2.05) is 29.9 Å². The number of hydrogen-bond acceptors (Lipinski definition) is 6. The summed E-state index contributed by atoms with van der Waals surface area (Å²) in [7, 11) is 1.68. The van der Waals surface area contributed by atoms with Gasteiger partial charge >= 0.3 is 0 Å². The molecular weight excluding hydrogens is 322 g/mol. The lowest BCUT2D eigenvalue weighted by Gasteiger charge is -2.35. The molecular formula is C18H19N3O2S. The summed E-state index contributed by atoms with van der Waals surface area (Å²) in [4.78, 5) is 11.4. The number of hydrogen-bond donors (Lipinski definition) is 0. The van der Waals surface area contributed by atoms with Crippen LogP contribution in [-0.4, -0.2) is 36.8 Å².